The van der Waals surface area contributed by atoms with E-state index in [0.717, 1.165) is 12.2 Å². The van der Waals surface area contributed by atoms with E-state index in [2.05, 4.69) is 19.2 Å². The number of ether oxygens (including phenoxy) is 2. The Morgan fingerprint density at radius 3 is 2.80 bits per heavy atom. The molecule has 1 heterocycles. The maximum atomic E-state index is 11.8. The summed E-state index contributed by atoms with van der Waals surface area (Å²) in [7, 11) is 0. The lowest BCUT2D eigenvalue weighted by atomic mass is 10.2. The first-order chi connectivity index (χ1) is 9.56. The monoisotopic (exact) mass is 296 g/mol. The molecule has 6 heteroatoms. The number of carbonyl (C=O) groups excluding carboxylic acids is 1. The topological polar surface area (TPSA) is 73.6 Å². The average Bonchev–Trinajstić information content (AvgIpc) is 2.82. The molecule has 0 saturated carbocycles. The van der Waals surface area contributed by atoms with Crippen molar-refractivity contribution in [3.05, 3.63) is 12.1 Å². The van der Waals surface area contributed by atoms with Gasteiger partial charge in [0.15, 0.2) is 11.5 Å². The molecule has 1 aliphatic rings. The van der Waals surface area contributed by atoms with Gasteiger partial charge in [-0.05, 0) is 18.1 Å². The first-order valence-electron chi connectivity index (χ1n) is 6.63. The minimum Gasteiger partial charge on any atom is -0.454 e. The average molecular weight is 296 g/mol. The van der Waals surface area contributed by atoms with Gasteiger partial charge in [-0.2, -0.15) is 11.8 Å². The fourth-order valence-corrected chi connectivity index (χ4v) is 2.78. The number of nitrogen functional groups attached to an aromatic ring is 1. The van der Waals surface area contributed by atoms with Crippen molar-refractivity contribution < 1.29 is 14.3 Å². The molecule has 0 bridgehead atoms. The molecular formula is C14H20N2O3S. The van der Waals surface area contributed by atoms with Crippen molar-refractivity contribution in [1.82, 2.24) is 0 Å². The maximum Gasteiger partial charge on any atom is 0.234 e. The molecule has 3 N–H and O–H groups in total. The second kappa shape index (κ2) is 6.74. The Bertz CT molecular complexity index is 492. The van der Waals surface area contributed by atoms with Crippen molar-refractivity contribution in [3.8, 4) is 11.5 Å². The third-order valence-electron chi connectivity index (χ3n) is 2.89. The minimum atomic E-state index is -0.0516. The molecule has 20 heavy (non-hydrogen) atoms. The van der Waals surface area contributed by atoms with Gasteiger partial charge in [-0.15, -0.1) is 0 Å². The van der Waals surface area contributed by atoms with E-state index in [1.165, 1.54) is 0 Å². The number of carbonyl (C=O) groups is 1. The number of hydrogen-bond donors (Lipinski definition) is 2. The molecule has 0 unspecified atom stereocenters. The van der Waals surface area contributed by atoms with Crippen LogP contribution in [-0.2, 0) is 4.79 Å². The number of hydrogen-bond acceptors (Lipinski definition) is 5. The smallest absolute Gasteiger partial charge is 0.234 e. The SMILES string of the molecule is CC(C)CCSCC(=O)Nc1cc2c(cc1N)OCO2. The summed E-state index contributed by atoms with van der Waals surface area (Å²) in [6, 6.07) is 3.37. The van der Waals surface area contributed by atoms with Gasteiger partial charge in [0, 0.05) is 12.1 Å². The third-order valence-corrected chi connectivity index (χ3v) is 3.88. The molecule has 0 saturated heterocycles. The van der Waals surface area contributed by atoms with Crippen LogP contribution in [0, 0.1) is 5.92 Å². The molecule has 1 aromatic rings. The summed E-state index contributed by atoms with van der Waals surface area (Å²) in [5, 5.41) is 2.81. The Balaban J connectivity index is 1.85. The summed E-state index contributed by atoms with van der Waals surface area (Å²) in [6.45, 7) is 4.54. The summed E-state index contributed by atoms with van der Waals surface area (Å²) in [6.07, 6.45) is 1.12. The molecule has 0 fully saturated rings. The maximum absolute atomic E-state index is 11.8. The van der Waals surface area contributed by atoms with Crippen molar-refractivity contribution >= 4 is 29.0 Å². The summed E-state index contributed by atoms with van der Waals surface area (Å²) in [5.41, 5.74) is 6.93. The van der Waals surface area contributed by atoms with Crippen LogP contribution in [0.25, 0.3) is 0 Å². The fourth-order valence-electron chi connectivity index (χ4n) is 1.74. The highest BCUT2D eigenvalue weighted by Crippen LogP contribution is 2.38. The molecule has 0 spiro atoms. The summed E-state index contributed by atoms with van der Waals surface area (Å²) < 4.78 is 10.5. The Kier molecular flexibility index (Phi) is 5.00. The van der Waals surface area contributed by atoms with Crippen molar-refractivity contribution in [2.75, 3.05) is 29.3 Å². The molecule has 0 radical (unpaired) electrons. The zero-order chi connectivity index (χ0) is 14.5. The number of nitrogens with one attached hydrogen (secondary N) is 1. The molecule has 5 nitrogen and oxygen atoms in total. The van der Waals surface area contributed by atoms with Crippen LogP contribution in [0.3, 0.4) is 0 Å². The second-order valence-corrected chi connectivity index (χ2v) is 6.18. The van der Waals surface area contributed by atoms with Gasteiger partial charge in [0.2, 0.25) is 12.7 Å². The summed E-state index contributed by atoms with van der Waals surface area (Å²) in [4.78, 5) is 11.8. The van der Waals surface area contributed by atoms with E-state index in [1.54, 1.807) is 23.9 Å². The van der Waals surface area contributed by atoms with Crippen LogP contribution < -0.4 is 20.5 Å². The predicted octanol–water partition coefficient (Wildman–Crippen LogP) is 2.72. The number of benzene rings is 1. The minimum absolute atomic E-state index is 0.0516. The first kappa shape index (κ1) is 14.8. The Hall–Kier alpha value is -1.56. The number of fused-ring (bicyclic) bond motifs is 1. The van der Waals surface area contributed by atoms with Crippen molar-refractivity contribution in [2.45, 2.75) is 20.3 Å². The molecule has 0 atom stereocenters. The van der Waals surface area contributed by atoms with Crippen LogP contribution in [0.1, 0.15) is 20.3 Å². The van der Waals surface area contributed by atoms with Crippen LogP contribution in [0.2, 0.25) is 0 Å². The third kappa shape index (κ3) is 3.96. The van der Waals surface area contributed by atoms with Crippen LogP contribution in [0.4, 0.5) is 11.4 Å². The lowest BCUT2D eigenvalue weighted by Crippen LogP contribution is -2.15. The summed E-state index contributed by atoms with van der Waals surface area (Å²) in [5.74, 6) is 3.26. The molecule has 110 valence electrons. The highest BCUT2D eigenvalue weighted by molar-refractivity contribution is 7.99. The lowest BCUT2D eigenvalue weighted by molar-refractivity contribution is -0.113. The zero-order valence-corrected chi connectivity index (χ0v) is 12.6. The van der Waals surface area contributed by atoms with Gasteiger partial charge in [-0.3, -0.25) is 4.79 Å². The lowest BCUT2D eigenvalue weighted by Gasteiger charge is -2.09. The Morgan fingerprint density at radius 1 is 1.40 bits per heavy atom. The number of amides is 1. The Labute approximate surface area is 123 Å². The standard InChI is InChI=1S/C14H20N2O3S/c1-9(2)3-4-20-7-14(17)16-11-6-13-12(5-10(11)15)18-8-19-13/h5-6,9H,3-4,7-8,15H2,1-2H3,(H,16,17). The molecule has 1 aliphatic heterocycles. The molecule has 2 rings (SSSR count). The first-order valence-corrected chi connectivity index (χ1v) is 7.78. The van der Waals surface area contributed by atoms with Gasteiger partial charge in [-0.1, -0.05) is 13.8 Å². The van der Waals surface area contributed by atoms with E-state index < -0.39 is 0 Å². The number of nitrogens with two attached hydrogens (primary N) is 1. The van der Waals surface area contributed by atoms with Gasteiger partial charge in [0.25, 0.3) is 0 Å². The van der Waals surface area contributed by atoms with E-state index >= 15 is 0 Å². The van der Waals surface area contributed by atoms with Crippen LogP contribution in [0.15, 0.2) is 12.1 Å². The highest BCUT2D eigenvalue weighted by Gasteiger charge is 2.17. The molecule has 1 aromatic carbocycles. The molecule has 0 aliphatic carbocycles. The van der Waals surface area contributed by atoms with E-state index in [4.69, 9.17) is 15.2 Å². The van der Waals surface area contributed by atoms with E-state index in [9.17, 15) is 4.79 Å². The predicted molar refractivity (Wildman–Crippen MR) is 82.4 cm³/mol. The highest BCUT2D eigenvalue weighted by atomic mass is 32.2. The van der Waals surface area contributed by atoms with Gasteiger partial charge in [-0.25, -0.2) is 0 Å². The Morgan fingerprint density at radius 2 is 2.10 bits per heavy atom. The normalized spacial score (nSPS) is 12.8. The van der Waals surface area contributed by atoms with Crippen LogP contribution >= 0.6 is 11.8 Å². The molecular weight excluding hydrogens is 276 g/mol. The molecule has 1 amide bonds. The van der Waals surface area contributed by atoms with E-state index in [1.807, 2.05) is 0 Å². The number of thioether (sulfide) groups is 1. The van der Waals surface area contributed by atoms with Gasteiger partial charge >= 0.3 is 0 Å². The van der Waals surface area contributed by atoms with Gasteiger partial charge in [0.05, 0.1) is 17.1 Å². The second-order valence-electron chi connectivity index (χ2n) is 5.08. The van der Waals surface area contributed by atoms with Crippen molar-refractivity contribution in [3.63, 3.8) is 0 Å². The van der Waals surface area contributed by atoms with E-state index in [0.29, 0.717) is 34.5 Å². The van der Waals surface area contributed by atoms with E-state index in [-0.39, 0.29) is 12.7 Å². The van der Waals surface area contributed by atoms with Crippen LogP contribution in [0.5, 0.6) is 11.5 Å². The van der Waals surface area contributed by atoms with Crippen molar-refractivity contribution in [1.29, 1.82) is 0 Å². The molecule has 0 aromatic heterocycles. The summed E-state index contributed by atoms with van der Waals surface area (Å²) >= 11 is 1.63. The zero-order valence-electron chi connectivity index (χ0n) is 11.8. The number of anilines is 2. The fraction of sp³-hybridized carbons (Fsp3) is 0.500. The van der Waals surface area contributed by atoms with Gasteiger partial charge in [0.1, 0.15) is 0 Å². The van der Waals surface area contributed by atoms with Crippen molar-refractivity contribution in [2.24, 2.45) is 5.92 Å². The quantitative estimate of drug-likeness (QED) is 0.623. The number of rotatable bonds is 6. The van der Waals surface area contributed by atoms with Crippen LogP contribution in [-0.4, -0.2) is 24.2 Å². The largest absolute Gasteiger partial charge is 0.454 e. The van der Waals surface area contributed by atoms with Gasteiger partial charge < -0.3 is 20.5 Å².